The normalized spacial score (nSPS) is 10.1. The zero-order valence-electron chi connectivity index (χ0n) is 15.1. The molecule has 2 rings (SSSR count). The molecule has 0 aliphatic carbocycles. The van der Waals surface area contributed by atoms with E-state index in [2.05, 4.69) is 32.1 Å². The van der Waals surface area contributed by atoms with Gasteiger partial charge in [-0.15, -0.1) is 0 Å². The molecule has 0 saturated carbocycles. The van der Waals surface area contributed by atoms with E-state index in [1.165, 1.54) is 6.07 Å². The summed E-state index contributed by atoms with van der Waals surface area (Å²) in [6.45, 7) is 1.36. The van der Waals surface area contributed by atoms with Crippen LogP contribution in [0.3, 0.4) is 0 Å². The first-order valence-corrected chi connectivity index (χ1v) is 10.1. The highest BCUT2D eigenvalue weighted by molar-refractivity contribution is 9.10. The topological polar surface area (TPSA) is 88.7 Å². The summed E-state index contributed by atoms with van der Waals surface area (Å²) in [7, 11) is 0. The number of thiocarbonyl (C=S) groups is 1. The number of rotatable bonds is 6. The molecule has 7 nitrogen and oxygen atoms in total. The minimum Gasteiger partial charge on any atom is -0.483 e. The van der Waals surface area contributed by atoms with Crippen molar-refractivity contribution in [3.8, 4) is 11.5 Å². The zero-order chi connectivity index (χ0) is 21.4. The Labute approximate surface area is 191 Å². The Kier molecular flexibility index (Phi) is 8.97. The highest BCUT2D eigenvalue weighted by Crippen LogP contribution is 2.27. The largest absolute Gasteiger partial charge is 0.483 e. The lowest BCUT2D eigenvalue weighted by Gasteiger charge is -2.12. The quantitative estimate of drug-likeness (QED) is 0.399. The van der Waals surface area contributed by atoms with Gasteiger partial charge < -0.3 is 9.47 Å². The number of amides is 2. The van der Waals surface area contributed by atoms with Crippen LogP contribution in [0.2, 0.25) is 10.0 Å². The fraction of sp³-hybridized carbons (Fsp3) is 0.167. The molecule has 0 saturated heterocycles. The predicted octanol–water partition coefficient (Wildman–Crippen LogP) is 3.54. The standard InChI is InChI=1S/C18H16BrCl2N3O4S/c1-10-2-4-14(12(19)6-10)27-9-17(26)23-24-18(29)22-16(25)8-28-15-5-3-11(20)7-13(15)21/h2-7H,8-9H2,1H3,(H,23,26)(H2,22,24,25,29). The number of hydrogen-bond donors (Lipinski definition) is 3. The Bertz CT molecular complexity index is 930. The van der Waals surface area contributed by atoms with Crippen LogP contribution in [0.15, 0.2) is 40.9 Å². The van der Waals surface area contributed by atoms with Crippen LogP contribution in [0.1, 0.15) is 5.56 Å². The molecular weight excluding hydrogens is 505 g/mol. The maximum Gasteiger partial charge on any atom is 0.276 e. The second-order valence-corrected chi connectivity index (χ2v) is 7.74. The molecule has 0 aliphatic heterocycles. The van der Waals surface area contributed by atoms with Crippen LogP contribution >= 0.6 is 51.3 Å². The SMILES string of the molecule is Cc1ccc(OCC(=O)NNC(=S)NC(=O)COc2ccc(Cl)cc2Cl)c(Br)c1. The van der Waals surface area contributed by atoms with Crippen LogP contribution in [-0.4, -0.2) is 30.1 Å². The molecule has 11 heteroatoms. The van der Waals surface area contributed by atoms with Crippen LogP contribution in [0, 0.1) is 6.92 Å². The van der Waals surface area contributed by atoms with Crippen LogP contribution < -0.4 is 25.6 Å². The number of hydrazine groups is 1. The first-order chi connectivity index (χ1) is 13.7. The number of carbonyl (C=O) groups excluding carboxylic acids is 2. The van der Waals surface area contributed by atoms with Crippen molar-refractivity contribution in [2.75, 3.05) is 13.2 Å². The lowest BCUT2D eigenvalue weighted by molar-refractivity contribution is -0.124. The highest BCUT2D eigenvalue weighted by Gasteiger charge is 2.10. The summed E-state index contributed by atoms with van der Waals surface area (Å²) in [5, 5.41) is 2.97. The first kappa shape index (κ1) is 23.2. The molecular formula is C18H16BrCl2N3O4S. The Balaban J connectivity index is 1.68. The summed E-state index contributed by atoms with van der Waals surface area (Å²) in [6.07, 6.45) is 0. The van der Waals surface area contributed by atoms with E-state index in [0.717, 1.165) is 10.0 Å². The lowest BCUT2D eigenvalue weighted by atomic mass is 10.2. The summed E-state index contributed by atoms with van der Waals surface area (Å²) >= 11 is 20.0. The van der Waals surface area contributed by atoms with Crippen molar-refractivity contribution in [3.05, 3.63) is 56.5 Å². The van der Waals surface area contributed by atoms with Gasteiger partial charge in [-0.3, -0.25) is 25.8 Å². The molecule has 29 heavy (non-hydrogen) atoms. The molecule has 2 aromatic rings. The van der Waals surface area contributed by atoms with E-state index >= 15 is 0 Å². The second kappa shape index (κ2) is 11.2. The molecule has 0 heterocycles. The van der Waals surface area contributed by atoms with Crippen LogP contribution in [0.25, 0.3) is 0 Å². The molecule has 2 amide bonds. The Morgan fingerprint density at radius 1 is 1.00 bits per heavy atom. The van der Waals surface area contributed by atoms with Gasteiger partial charge in [-0.2, -0.15) is 0 Å². The predicted molar refractivity (Wildman–Crippen MR) is 118 cm³/mol. The fourth-order valence-corrected chi connectivity index (χ4v) is 3.19. The molecule has 0 fully saturated rings. The van der Waals surface area contributed by atoms with Gasteiger partial charge in [0, 0.05) is 5.02 Å². The average Bonchev–Trinajstić information content (AvgIpc) is 2.65. The van der Waals surface area contributed by atoms with Gasteiger partial charge in [0.25, 0.3) is 11.8 Å². The van der Waals surface area contributed by atoms with E-state index in [0.29, 0.717) is 16.5 Å². The van der Waals surface area contributed by atoms with Gasteiger partial charge >= 0.3 is 0 Å². The number of carbonyl (C=O) groups is 2. The van der Waals surface area contributed by atoms with Crippen LogP contribution in [-0.2, 0) is 9.59 Å². The molecule has 0 aromatic heterocycles. The van der Waals surface area contributed by atoms with Crippen molar-refractivity contribution >= 4 is 68.3 Å². The van der Waals surface area contributed by atoms with E-state index in [4.69, 9.17) is 44.9 Å². The van der Waals surface area contributed by atoms with Gasteiger partial charge in [-0.25, -0.2) is 0 Å². The number of ether oxygens (including phenoxy) is 2. The van der Waals surface area contributed by atoms with Gasteiger partial charge in [0.2, 0.25) is 0 Å². The molecule has 0 aliphatic rings. The number of hydrogen-bond acceptors (Lipinski definition) is 5. The Morgan fingerprint density at radius 2 is 1.66 bits per heavy atom. The van der Waals surface area contributed by atoms with E-state index in [9.17, 15) is 9.59 Å². The van der Waals surface area contributed by atoms with Gasteiger partial charge in [-0.05, 0) is 71.0 Å². The minimum absolute atomic E-state index is 0.106. The van der Waals surface area contributed by atoms with Crippen molar-refractivity contribution in [2.24, 2.45) is 0 Å². The van der Waals surface area contributed by atoms with Crippen LogP contribution in [0.4, 0.5) is 0 Å². The Hall–Kier alpha value is -2.07. The zero-order valence-corrected chi connectivity index (χ0v) is 19.0. The molecule has 0 atom stereocenters. The summed E-state index contributed by atoms with van der Waals surface area (Å²) in [5.74, 6) is -0.196. The monoisotopic (exact) mass is 519 g/mol. The third kappa shape index (κ3) is 8.06. The van der Waals surface area contributed by atoms with Crippen molar-refractivity contribution in [1.29, 1.82) is 0 Å². The van der Waals surface area contributed by atoms with E-state index < -0.39 is 11.8 Å². The molecule has 0 spiro atoms. The fourth-order valence-electron chi connectivity index (χ4n) is 1.96. The van der Waals surface area contributed by atoms with Gasteiger partial charge in [0.15, 0.2) is 18.3 Å². The highest BCUT2D eigenvalue weighted by atomic mass is 79.9. The van der Waals surface area contributed by atoms with Crippen molar-refractivity contribution in [1.82, 2.24) is 16.2 Å². The van der Waals surface area contributed by atoms with Crippen molar-refractivity contribution in [2.45, 2.75) is 6.92 Å². The number of nitrogens with one attached hydrogen (secondary N) is 3. The van der Waals surface area contributed by atoms with Gasteiger partial charge in [-0.1, -0.05) is 29.3 Å². The number of halogens is 3. The molecule has 0 radical (unpaired) electrons. The smallest absolute Gasteiger partial charge is 0.276 e. The summed E-state index contributed by atoms with van der Waals surface area (Å²) < 4.78 is 11.4. The van der Waals surface area contributed by atoms with Crippen LogP contribution in [0.5, 0.6) is 11.5 Å². The molecule has 0 unspecified atom stereocenters. The maximum atomic E-state index is 11.9. The summed E-state index contributed by atoms with van der Waals surface area (Å²) in [5.41, 5.74) is 5.77. The number of aryl methyl sites for hydroxylation is 1. The van der Waals surface area contributed by atoms with Gasteiger partial charge in [0.1, 0.15) is 11.5 Å². The number of benzene rings is 2. The minimum atomic E-state index is -0.539. The summed E-state index contributed by atoms with van der Waals surface area (Å²) in [6, 6.07) is 10.1. The molecule has 0 bridgehead atoms. The average molecular weight is 521 g/mol. The van der Waals surface area contributed by atoms with Crippen molar-refractivity contribution in [3.63, 3.8) is 0 Å². The van der Waals surface area contributed by atoms with Crippen molar-refractivity contribution < 1.29 is 19.1 Å². The first-order valence-electron chi connectivity index (χ1n) is 8.10. The van der Waals surface area contributed by atoms with Gasteiger partial charge in [0.05, 0.1) is 9.50 Å². The third-order valence-electron chi connectivity index (χ3n) is 3.27. The molecule has 2 aromatic carbocycles. The second-order valence-electron chi connectivity index (χ2n) is 5.64. The lowest BCUT2D eigenvalue weighted by Crippen LogP contribution is -2.50. The van der Waals surface area contributed by atoms with E-state index in [1.54, 1.807) is 18.2 Å². The molecule has 154 valence electrons. The third-order valence-corrected chi connectivity index (χ3v) is 4.62. The summed E-state index contributed by atoms with van der Waals surface area (Å²) in [4.78, 5) is 23.7. The Morgan fingerprint density at radius 3 is 2.34 bits per heavy atom. The molecule has 3 N–H and O–H groups in total. The van der Waals surface area contributed by atoms with E-state index in [1.807, 2.05) is 19.1 Å². The maximum absolute atomic E-state index is 11.9. The van der Waals surface area contributed by atoms with E-state index in [-0.39, 0.29) is 23.3 Å².